The number of nitrogens with two attached hydrogens (primary N) is 1. The first-order valence-corrected chi connectivity index (χ1v) is 7.45. The summed E-state index contributed by atoms with van der Waals surface area (Å²) in [6.07, 6.45) is 2.37. The largest absolute Gasteiger partial charge is 0.369 e. The highest BCUT2D eigenvalue weighted by molar-refractivity contribution is 6.35. The van der Waals surface area contributed by atoms with Crippen molar-refractivity contribution in [3.8, 4) is 0 Å². The SMILES string of the molecule is CN1CCC(C)(Cn2c(N)nc3c(Cl)cccc32)CC1. The van der Waals surface area contributed by atoms with Gasteiger partial charge in [-0.05, 0) is 50.5 Å². The van der Waals surface area contributed by atoms with E-state index in [1.165, 1.54) is 12.8 Å². The molecule has 20 heavy (non-hydrogen) atoms. The molecule has 0 bridgehead atoms. The molecule has 1 fully saturated rings. The fraction of sp³-hybridized carbons (Fsp3) is 0.533. The number of aromatic nitrogens is 2. The maximum Gasteiger partial charge on any atom is 0.201 e. The van der Waals surface area contributed by atoms with E-state index in [9.17, 15) is 0 Å². The Morgan fingerprint density at radius 1 is 1.35 bits per heavy atom. The number of imidazole rings is 1. The normalized spacial score (nSPS) is 19.6. The molecule has 2 N–H and O–H groups in total. The average molecular weight is 293 g/mol. The third kappa shape index (κ3) is 2.38. The number of para-hydroxylation sites is 1. The highest BCUT2D eigenvalue weighted by atomic mass is 35.5. The van der Waals surface area contributed by atoms with Crippen molar-refractivity contribution < 1.29 is 0 Å². The van der Waals surface area contributed by atoms with Gasteiger partial charge < -0.3 is 15.2 Å². The molecule has 1 saturated heterocycles. The molecule has 1 aromatic heterocycles. The van der Waals surface area contributed by atoms with Gasteiger partial charge in [-0.2, -0.15) is 0 Å². The fourth-order valence-corrected chi connectivity index (χ4v) is 3.21. The molecule has 108 valence electrons. The number of fused-ring (bicyclic) bond motifs is 1. The summed E-state index contributed by atoms with van der Waals surface area (Å²) in [5.41, 5.74) is 8.23. The summed E-state index contributed by atoms with van der Waals surface area (Å²) >= 11 is 6.20. The second-order valence-electron chi connectivity index (χ2n) is 6.28. The van der Waals surface area contributed by atoms with E-state index in [1.54, 1.807) is 0 Å². The maximum absolute atomic E-state index is 6.20. The third-order valence-corrected chi connectivity index (χ3v) is 4.80. The van der Waals surface area contributed by atoms with E-state index in [4.69, 9.17) is 17.3 Å². The lowest BCUT2D eigenvalue weighted by atomic mass is 9.80. The van der Waals surface area contributed by atoms with Crippen molar-refractivity contribution in [1.29, 1.82) is 0 Å². The van der Waals surface area contributed by atoms with Crippen LogP contribution in [-0.2, 0) is 6.54 Å². The summed E-state index contributed by atoms with van der Waals surface area (Å²) in [6, 6.07) is 5.86. The van der Waals surface area contributed by atoms with Crippen LogP contribution in [0.4, 0.5) is 5.95 Å². The summed E-state index contributed by atoms with van der Waals surface area (Å²) in [4.78, 5) is 6.81. The molecule has 5 heteroatoms. The van der Waals surface area contributed by atoms with Crippen LogP contribution in [0, 0.1) is 5.41 Å². The van der Waals surface area contributed by atoms with E-state index >= 15 is 0 Å². The van der Waals surface area contributed by atoms with Crippen molar-refractivity contribution in [3.05, 3.63) is 23.2 Å². The number of rotatable bonds is 2. The summed E-state index contributed by atoms with van der Waals surface area (Å²) in [5, 5.41) is 0.668. The van der Waals surface area contributed by atoms with Crippen LogP contribution in [0.1, 0.15) is 19.8 Å². The Morgan fingerprint density at radius 3 is 2.75 bits per heavy atom. The summed E-state index contributed by atoms with van der Waals surface area (Å²) in [6.45, 7) is 5.53. The highest BCUT2D eigenvalue weighted by Crippen LogP contribution is 2.35. The van der Waals surface area contributed by atoms with Gasteiger partial charge >= 0.3 is 0 Å². The van der Waals surface area contributed by atoms with Gasteiger partial charge in [0.15, 0.2) is 0 Å². The molecule has 1 aromatic carbocycles. The first kappa shape index (κ1) is 13.7. The lowest BCUT2D eigenvalue weighted by Crippen LogP contribution is -2.38. The van der Waals surface area contributed by atoms with Crippen molar-refractivity contribution in [1.82, 2.24) is 14.5 Å². The molecule has 0 spiro atoms. The molecule has 3 rings (SSSR count). The number of benzene rings is 1. The molecule has 0 amide bonds. The predicted octanol–water partition coefficient (Wildman–Crippen LogP) is 3.00. The van der Waals surface area contributed by atoms with Gasteiger partial charge in [-0.25, -0.2) is 4.98 Å². The van der Waals surface area contributed by atoms with Crippen LogP contribution in [0.15, 0.2) is 18.2 Å². The number of nitrogens with zero attached hydrogens (tertiary/aromatic N) is 3. The molecular weight excluding hydrogens is 272 g/mol. The van der Waals surface area contributed by atoms with Crippen molar-refractivity contribution in [3.63, 3.8) is 0 Å². The monoisotopic (exact) mass is 292 g/mol. The minimum atomic E-state index is 0.274. The van der Waals surface area contributed by atoms with Crippen molar-refractivity contribution in [2.24, 2.45) is 5.41 Å². The first-order valence-electron chi connectivity index (χ1n) is 7.07. The number of likely N-dealkylation sites (tertiary alicyclic amines) is 1. The fourth-order valence-electron chi connectivity index (χ4n) is 3.00. The smallest absolute Gasteiger partial charge is 0.201 e. The highest BCUT2D eigenvalue weighted by Gasteiger charge is 2.30. The van der Waals surface area contributed by atoms with Crippen LogP contribution in [0.3, 0.4) is 0 Å². The van der Waals surface area contributed by atoms with Crippen molar-refractivity contribution >= 4 is 28.6 Å². The zero-order chi connectivity index (χ0) is 14.3. The molecule has 0 radical (unpaired) electrons. The topological polar surface area (TPSA) is 47.1 Å². The van der Waals surface area contributed by atoms with Gasteiger partial charge in [0.25, 0.3) is 0 Å². The van der Waals surface area contributed by atoms with Gasteiger partial charge in [0, 0.05) is 6.54 Å². The molecule has 0 atom stereocenters. The Labute approximate surface area is 124 Å². The van der Waals surface area contributed by atoms with Crippen LogP contribution in [0.25, 0.3) is 11.0 Å². The van der Waals surface area contributed by atoms with E-state index in [1.807, 2.05) is 18.2 Å². The molecule has 1 aliphatic heterocycles. The van der Waals surface area contributed by atoms with Crippen molar-refractivity contribution in [2.45, 2.75) is 26.3 Å². The van der Waals surface area contributed by atoms with Crippen LogP contribution >= 0.6 is 11.6 Å². The maximum atomic E-state index is 6.20. The number of anilines is 1. The molecular formula is C15H21ClN4. The summed E-state index contributed by atoms with van der Waals surface area (Å²) < 4.78 is 2.12. The molecule has 4 nitrogen and oxygen atoms in total. The molecule has 1 aliphatic rings. The van der Waals surface area contributed by atoms with Gasteiger partial charge in [0.2, 0.25) is 5.95 Å². The van der Waals surface area contributed by atoms with Crippen LogP contribution in [0.5, 0.6) is 0 Å². The third-order valence-electron chi connectivity index (χ3n) is 4.49. The number of nitrogen functional groups attached to an aromatic ring is 1. The van der Waals surface area contributed by atoms with Crippen molar-refractivity contribution in [2.75, 3.05) is 25.9 Å². The number of halogens is 1. The number of piperidine rings is 1. The van der Waals surface area contributed by atoms with E-state index < -0.39 is 0 Å². The molecule has 0 unspecified atom stereocenters. The Kier molecular flexibility index (Phi) is 3.38. The van der Waals surface area contributed by atoms with E-state index in [2.05, 4.69) is 28.4 Å². The minimum Gasteiger partial charge on any atom is -0.369 e. The second-order valence-corrected chi connectivity index (χ2v) is 6.68. The average Bonchev–Trinajstić information content (AvgIpc) is 2.72. The Bertz CT molecular complexity index is 626. The predicted molar refractivity (Wildman–Crippen MR) is 84.0 cm³/mol. The Hall–Kier alpha value is -1.26. The zero-order valence-electron chi connectivity index (χ0n) is 12.1. The molecule has 2 heterocycles. The Morgan fingerprint density at radius 2 is 2.05 bits per heavy atom. The number of hydrogen-bond donors (Lipinski definition) is 1. The zero-order valence-corrected chi connectivity index (χ0v) is 12.8. The molecule has 2 aromatic rings. The number of hydrogen-bond acceptors (Lipinski definition) is 3. The first-order chi connectivity index (χ1) is 9.48. The van der Waals surface area contributed by atoms with E-state index in [0.29, 0.717) is 11.0 Å². The molecule has 0 aliphatic carbocycles. The van der Waals surface area contributed by atoms with Gasteiger partial charge in [0.05, 0.1) is 10.5 Å². The van der Waals surface area contributed by atoms with E-state index in [0.717, 1.165) is 30.7 Å². The van der Waals surface area contributed by atoms with E-state index in [-0.39, 0.29) is 5.41 Å². The second kappa shape index (κ2) is 4.93. The summed E-state index contributed by atoms with van der Waals surface area (Å²) in [5.74, 6) is 0.563. The lowest BCUT2D eigenvalue weighted by molar-refractivity contribution is 0.122. The van der Waals surface area contributed by atoms with Crippen LogP contribution in [0.2, 0.25) is 5.02 Å². The standard InChI is InChI=1S/C15H21ClN4/c1-15(6-8-19(2)9-7-15)10-20-12-5-3-4-11(16)13(12)18-14(20)17/h3-5H,6-10H2,1-2H3,(H2,17,18). The van der Waals surface area contributed by atoms with Gasteiger partial charge in [-0.1, -0.05) is 24.6 Å². The van der Waals surface area contributed by atoms with Gasteiger partial charge in [-0.3, -0.25) is 0 Å². The molecule has 0 saturated carbocycles. The quantitative estimate of drug-likeness (QED) is 0.925. The van der Waals surface area contributed by atoms with Crippen LogP contribution < -0.4 is 5.73 Å². The van der Waals surface area contributed by atoms with Gasteiger partial charge in [0.1, 0.15) is 5.52 Å². The summed E-state index contributed by atoms with van der Waals surface area (Å²) in [7, 11) is 2.18. The lowest BCUT2D eigenvalue weighted by Gasteiger charge is -2.38. The minimum absolute atomic E-state index is 0.274. The Balaban J connectivity index is 1.95. The van der Waals surface area contributed by atoms with Crippen LogP contribution in [-0.4, -0.2) is 34.6 Å². The van der Waals surface area contributed by atoms with Gasteiger partial charge in [-0.15, -0.1) is 0 Å².